The Morgan fingerprint density at radius 3 is 2.76 bits per heavy atom. The molecule has 0 saturated carbocycles. The van der Waals surface area contributed by atoms with Crippen LogP contribution in [0.15, 0.2) is 24.3 Å². The van der Waals surface area contributed by atoms with E-state index in [0.717, 1.165) is 5.56 Å². The smallest absolute Gasteiger partial charge is 0.218 e. The molecule has 0 radical (unpaired) electrons. The van der Waals surface area contributed by atoms with E-state index in [0.29, 0.717) is 6.42 Å². The van der Waals surface area contributed by atoms with Gasteiger partial charge in [-0.05, 0) is 24.1 Å². The molecule has 0 aliphatic rings. The maximum atomic E-state index is 12.8. The lowest BCUT2D eigenvalue weighted by molar-refractivity contribution is 0.585. The Hall–Kier alpha value is -1.05. The van der Waals surface area contributed by atoms with E-state index in [4.69, 9.17) is 5.73 Å². The van der Waals surface area contributed by atoms with E-state index in [-0.39, 0.29) is 23.1 Å². The molecule has 94 valence electrons. The summed E-state index contributed by atoms with van der Waals surface area (Å²) in [5.74, 6) is -0.709. The van der Waals surface area contributed by atoms with Crippen LogP contribution in [0.4, 0.5) is 4.39 Å². The van der Waals surface area contributed by atoms with Crippen LogP contribution in [0.25, 0.3) is 0 Å². The summed E-state index contributed by atoms with van der Waals surface area (Å²) in [6.07, 6.45) is 0.411. The molecule has 0 aliphatic heterocycles. The molecular weight excluding hydrogens is 263 g/mol. The van der Waals surface area contributed by atoms with Gasteiger partial charge in [0.25, 0.3) is 0 Å². The second-order valence-electron chi connectivity index (χ2n) is 3.50. The number of sulfonamides is 1. The maximum Gasteiger partial charge on any atom is 0.218 e. The van der Waals surface area contributed by atoms with Crippen LogP contribution < -0.4 is 10.5 Å². The molecule has 1 aromatic carbocycles. The zero-order valence-electron chi connectivity index (χ0n) is 9.02. The second-order valence-corrected chi connectivity index (χ2v) is 5.83. The van der Waals surface area contributed by atoms with Gasteiger partial charge in [0, 0.05) is 6.54 Å². The van der Waals surface area contributed by atoms with Gasteiger partial charge in [0.05, 0.1) is 4.99 Å². The maximum absolute atomic E-state index is 12.8. The molecule has 3 N–H and O–H groups in total. The van der Waals surface area contributed by atoms with E-state index < -0.39 is 10.0 Å². The van der Waals surface area contributed by atoms with E-state index in [1.807, 2.05) is 0 Å². The summed E-state index contributed by atoms with van der Waals surface area (Å²) >= 11 is 4.51. The first kappa shape index (κ1) is 14.0. The number of benzene rings is 1. The van der Waals surface area contributed by atoms with Crippen molar-refractivity contribution in [3.63, 3.8) is 0 Å². The molecule has 7 heteroatoms. The normalized spacial score (nSPS) is 11.4. The van der Waals surface area contributed by atoms with Gasteiger partial charge >= 0.3 is 0 Å². The molecule has 0 bridgehead atoms. The van der Waals surface area contributed by atoms with Crippen molar-refractivity contribution >= 4 is 27.2 Å². The van der Waals surface area contributed by atoms with Crippen molar-refractivity contribution in [2.24, 2.45) is 5.73 Å². The van der Waals surface area contributed by atoms with Gasteiger partial charge in [-0.2, -0.15) is 0 Å². The summed E-state index contributed by atoms with van der Waals surface area (Å²) in [5.41, 5.74) is 5.87. The Morgan fingerprint density at radius 1 is 1.47 bits per heavy atom. The van der Waals surface area contributed by atoms with Crippen LogP contribution in [0.1, 0.15) is 5.56 Å². The summed E-state index contributed by atoms with van der Waals surface area (Å²) in [4.78, 5) is -0.0803. The highest BCUT2D eigenvalue weighted by molar-refractivity contribution is 7.92. The van der Waals surface area contributed by atoms with Crippen LogP contribution in [-0.2, 0) is 16.4 Å². The fourth-order valence-corrected chi connectivity index (χ4v) is 2.64. The number of rotatable bonds is 6. The van der Waals surface area contributed by atoms with Crippen molar-refractivity contribution in [1.29, 1.82) is 0 Å². The van der Waals surface area contributed by atoms with Crippen molar-refractivity contribution < 1.29 is 12.8 Å². The standard InChI is InChI=1S/C10H13FN2O2S2/c11-9-3-1-2-8(6-9)4-5-13-17(14,15)7-10(12)16/h1-3,6,13H,4-5,7H2,(H2,12,16). The fraction of sp³-hybridized carbons (Fsp3) is 0.300. The Kier molecular flexibility index (Phi) is 4.98. The molecule has 0 aromatic heterocycles. The molecule has 1 aromatic rings. The lowest BCUT2D eigenvalue weighted by Crippen LogP contribution is -2.33. The molecule has 0 fully saturated rings. The molecule has 17 heavy (non-hydrogen) atoms. The minimum absolute atomic E-state index is 0.0803. The molecule has 0 aliphatic carbocycles. The third-order valence-corrected chi connectivity index (χ3v) is 3.62. The molecule has 0 saturated heterocycles. The zero-order valence-corrected chi connectivity index (χ0v) is 10.7. The second kappa shape index (κ2) is 6.04. The Morgan fingerprint density at radius 2 is 2.18 bits per heavy atom. The highest BCUT2D eigenvalue weighted by Gasteiger charge is 2.10. The van der Waals surface area contributed by atoms with Crippen LogP contribution in [0, 0.1) is 5.82 Å². The van der Waals surface area contributed by atoms with Gasteiger partial charge in [-0.25, -0.2) is 17.5 Å². The minimum Gasteiger partial charge on any atom is -0.392 e. The van der Waals surface area contributed by atoms with Gasteiger partial charge < -0.3 is 5.73 Å². The van der Waals surface area contributed by atoms with Crippen molar-refractivity contribution in [3.8, 4) is 0 Å². The fourth-order valence-electron chi connectivity index (χ4n) is 1.28. The van der Waals surface area contributed by atoms with Gasteiger partial charge in [-0.3, -0.25) is 0 Å². The van der Waals surface area contributed by atoms with E-state index in [2.05, 4.69) is 16.9 Å². The summed E-state index contributed by atoms with van der Waals surface area (Å²) in [6.45, 7) is 0.189. The summed E-state index contributed by atoms with van der Waals surface area (Å²) in [7, 11) is -3.47. The lowest BCUT2D eigenvalue weighted by Gasteiger charge is -2.05. The van der Waals surface area contributed by atoms with Crippen molar-refractivity contribution in [2.75, 3.05) is 12.3 Å². The van der Waals surface area contributed by atoms with Crippen LogP contribution in [-0.4, -0.2) is 25.7 Å². The monoisotopic (exact) mass is 276 g/mol. The van der Waals surface area contributed by atoms with Crippen LogP contribution in [0.2, 0.25) is 0 Å². The topological polar surface area (TPSA) is 72.2 Å². The van der Waals surface area contributed by atoms with Gasteiger partial charge in [0.1, 0.15) is 11.6 Å². The highest BCUT2D eigenvalue weighted by atomic mass is 32.2. The molecule has 4 nitrogen and oxygen atoms in total. The van der Waals surface area contributed by atoms with Gasteiger partial charge in [0.15, 0.2) is 0 Å². The first-order valence-corrected chi connectivity index (χ1v) is 6.95. The predicted octanol–water partition coefficient (Wildman–Crippen LogP) is 0.574. The third kappa shape index (κ3) is 5.71. The van der Waals surface area contributed by atoms with E-state index in [9.17, 15) is 12.8 Å². The number of nitrogens with one attached hydrogen (secondary N) is 1. The molecule has 1 rings (SSSR count). The first-order valence-electron chi connectivity index (χ1n) is 4.89. The Balaban J connectivity index is 2.45. The average Bonchev–Trinajstić information content (AvgIpc) is 2.15. The summed E-state index contributed by atoms with van der Waals surface area (Å²) in [6, 6.07) is 6.00. The number of hydrogen-bond donors (Lipinski definition) is 2. The van der Waals surface area contributed by atoms with E-state index >= 15 is 0 Å². The predicted molar refractivity (Wildman–Crippen MR) is 68.7 cm³/mol. The largest absolute Gasteiger partial charge is 0.392 e. The first-order chi connectivity index (χ1) is 7.89. The van der Waals surface area contributed by atoms with Crippen molar-refractivity contribution in [2.45, 2.75) is 6.42 Å². The van der Waals surface area contributed by atoms with Gasteiger partial charge in [0.2, 0.25) is 10.0 Å². The van der Waals surface area contributed by atoms with Crippen molar-refractivity contribution in [1.82, 2.24) is 4.72 Å². The average molecular weight is 276 g/mol. The summed E-state index contributed by atoms with van der Waals surface area (Å²) < 4.78 is 37.9. The van der Waals surface area contributed by atoms with Crippen molar-refractivity contribution in [3.05, 3.63) is 35.6 Å². The van der Waals surface area contributed by atoms with E-state index in [1.54, 1.807) is 12.1 Å². The third-order valence-electron chi connectivity index (χ3n) is 1.96. The molecule has 0 spiro atoms. The Bertz CT molecular complexity index is 503. The quantitative estimate of drug-likeness (QED) is 0.745. The number of halogens is 1. The molecule has 0 heterocycles. The SMILES string of the molecule is NC(=S)CS(=O)(=O)NCCc1cccc(F)c1. The number of thiocarbonyl (C=S) groups is 1. The summed E-state index contributed by atoms with van der Waals surface area (Å²) in [5, 5.41) is 0. The molecular formula is C10H13FN2O2S2. The highest BCUT2D eigenvalue weighted by Crippen LogP contribution is 2.03. The Labute approximate surface area is 105 Å². The van der Waals surface area contributed by atoms with Gasteiger partial charge in [-0.1, -0.05) is 24.4 Å². The molecule has 0 atom stereocenters. The molecule has 0 amide bonds. The zero-order chi connectivity index (χ0) is 12.9. The lowest BCUT2D eigenvalue weighted by atomic mass is 10.1. The molecule has 0 unspecified atom stereocenters. The van der Waals surface area contributed by atoms with Crippen LogP contribution >= 0.6 is 12.2 Å². The number of nitrogens with two attached hydrogens (primary N) is 1. The van der Waals surface area contributed by atoms with Crippen LogP contribution in [0.5, 0.6) is 0 Å². The number of hydrogen-bond acceptors (Lipinski definition) is 3. The van der Waals surface area contributed by atoms with Gasteiger partial charge in [-0.15, -0.1) is 0 Å². The minimum atomic E-state index is -3.47. The van der Waals surface area contributed by atoms with E-state index in [1.165, 1.54) is 12.1 Å². The van der Waals surface area contributed by atoms with Crippen LogP contribution in [0.3, 0.4) is 0 Å².